The molecule has 1 aromatic heterocycles. The molecule has 1 heterocycles. The van der Waals surface area contributed by atoms with Crippen LogP contribution in [-0.4, -0.2) is 16.3 Å². The number of unbranched alkanes of at least 4 members (excludes halogenated alkanes) is 3. The van der Waals surface area contributed by atoms with Crippen molar-refractivity contribution in [2.75, 3.05) is 6.54 Å². The second-order valence-electron chi connectivity index (χ2n) is 4.82. The maximum Gasteiger partial charge on any atom is 0.0841 e. The zero-order chi connectivity index (χ0) is 12.8. The van der Waals surface area contributed by atoms with Crippen molar-refractivity contribution >= 4 is 10.9 Å². The summed E-state index contributed by atoms with van der Waals surface area (Å²) in [4.78, 5) is 0. The van der Waals surface area contributed by atoms with Gasteiger partial charge in [0.25, 0.3) is 0 Å². The summed E-state index contributed by atoms with van der Waals surface area (Å²) in [5.74, 6) is 0. The highest BCUT2D eigenvalue weighted by molar-refractivity contribution is 5.81. The smallest absolute Gasteiger partial charge is 0.0841 e. The van der Waals surface area contributed by atoms with E-state index in [-0.39, 0.29) is 0 Å². The quantitative estimate of drug-likeness (QED) is 0.759. The van der Waals surface area contributed by atoms with Gasteiger partial charge in [0.05, 0.1) is 11.2 Å². The van der Waals surface area contributed by atoms with Gasteiger partial charge in [-0.1, -0.05) is 44.4 Å². The molecule has 0 aliphatic carbocycles. The van der Waals surface area contributed by atoms with Crippen molar-refractivity contribution < 1.29 is 0 Å². The Bertz CT molecular complexity index is 487. The normalized spacial score (nSPS) is 11.2. The molecule has 0 saturated carbocycles. The van der Waals surface area contributed by atoms with Crippen molar-refractivity contribution in [3.8, 4) is 0 Å². The van der Waals surface area contributed by atoms with E-state index in [9.17, 15) is 0 Å². The first kappa shape index (κ1) is 13.1. The average molecular weight is 245 g/mol. The van der Waals surface area contributed by atoms with E-state index in [2.05, 4.69) is 41.6 Å². The second-order valence-corrected chi connectivity index (χ2v) is 4.82. The number of nitrogens with one attached hydrogen (secondary N) is 1. The fraction of sp³-hybridized carbons (Fsp3) is 0.533. The molecule has 98 valence electrons. The zero-order valence-corrected chi connectivity index (χ0v) is 11.4. The van der Waals surface area contributed by atoms with Gasteiger partial charge in [0, 0.05) is 19.0 Å². The highest BCUT2D eigenvalue weighted by Gasteiger charge is 2.06. The molecule has 0 bridgehead atoms. The van der Waals surface area contributed by atoms with Crippen LogP contribution in [0.5, 0.6) is 0 Å². The lowest BCUT2D eigenvalue weighted by atomic mass is 10.2. The van der Waals surface area contributed by atoms with Crippen LogP contribution in [-0.2, 0) is 13.6 Å². The molecule has 0 aliphatic rings. The Labute approximate surface area is 109 Å². The molecular formula is C15H23N3. The fourth-order valence-electron chi connectivity index (χ4n) is 2.30. The van der Waals surface area contributed by atoms with Crippen molar-refractivity contribution in [3.05, 3.63) is 30.0 Å². The summed E-state index contributed by atoms with van der Waals surface area (Å²) in [6.45, 7) is 4.20. The lowest BCUT2D eigenvalue weighted by Crippen LogP contribution is -2.15. The molecular weight excluding hydrogens is 222 g/mol. The van der Waals surface area contributed by atoms with Gasteiger partial charge in [-0.05, 0) is 19.0 Å². The average Bonchev–Trinajstić information content (AvgIpc) is 2.71. The van der Waals surface area contributed by atoms with E-state index < -0.39 is 0 Å². The predicted octanol–water partition coefficient (Wildman–Crippen LogP) is 3.24. The highest BCUT2D eigenvalue weighted by Crippen LogP contribution is 2.16. The molecule has 1 aromatic carbocycles. The van der Waals surface area contributed by atoms with Gasteiger partial charge in [-0.15, -0.1) is 0 Å². The first-order valence-electron chi connectivity index (χ1n) is 6.94. The molecule has 0 radical (unpaired) electrons. The number of hydrogen-bond donors (Lipinski definition) is 1. The summed E-state index contributed by atoms with van der Waals surface area (Å²) >= 11 is 0. The fourth-order valence-corrected chi connectivity index (χ4v) is 2.30. The number of aromatic nitrogens is 2. The number of aryl methyl sites for hydroxylation is 1. The van der Waals surface area contributed by atoms with Gasteiger partial charge >= 0.3 is 0 Å². The largest absolute Gasteiger partial charge is 0.311 e. The number of rotatable bonds is 7. The Morgan fingerprint density at radius 1 is 1.17 bits per heavy atom. The van der Waals surface area contributed by atoms with Crippen LogP contribution in [0.2, 0.25) is 0 Å². The van der Waals surface area contributed by atoms with Crippen LogP contribution in [0, 0.1) is 0 Å². The Hall–Kier alpha value is -1.35. The predicted molar refractivity (Wildman–Crippen MR) is 76.6 cm³/mol. The number of fused-ring (bicyclic) bond motifs is 1. The van der Waals surface area contributed by atoms with E-state index in [1.807, 2.05) is 11.7 Å². The molecule has 2 aromatic rings. The van der Waals surface area contributed by atoms with Crippen molar-refractivity contribution in [2.24, 2.45) is 7.05 Å². The summed E-state index contributed by atoms with van der Waals surface area (Å²) < 4.78 is 1.96. The summed E-state index contributed by atoms with van der Waals surface area (Å²) in [6, 6.07) is 8.41. The van der Waals surface area contributed by atoms with Crippen LogP contribution < -0.4 is 5.32 Å². The minimum Gasteiger partial charge on any atom is -0.311 e. The first-order chi connectivity index (χ1) is 8.83. The Balaban J connectivity index is 1.88. The van der Waals surface area contributed by atoms with Crippen LogP contribution in [0.25, 0.3) is 10.9 Å². The SMILES string of the molecule is CCCCCCNCc1nn(C)c2ccccc12. The molecule has 3 heteroatoms. The van der Waals surface area contributed by atoms with Crippen LogP contribution >= 0.6 is 0 Å². The van der Waals surface area contributed by atoms with Crippen molar-refractivity contribution in [1.29, 1.82) is 0 Å². The minimum absolute atomic E-state index is 0.869. The van der Waals surface area contributed by atoms with Gasteiger partial charge in [-0.2, -0.15) is 5.10 Å². The number of para-hydroxylation sites is 1. The molecule has 1 N–H and O–H groups in total. The van der Waals surface area contributed by atoms with Gasteiger partial charge in [0.2, 0.25) is 0 Å². The van der Waals surface area contributed by atoms with Crippen LogP contribution in [0.3, 0.4) is 0 Å². The summed E-state index contributed by atoms with van der Waals surface area (Å²) in [7, 11) is 2.01. The third kappa shape index (κ3) is 3.10. The summed E-state index contributed by atoms with van der Waals surface area (Å²) in [5.41, 5.74) is 2.36. The zero-order valence-electron chi connectivity index (χ0n) is 11.4. The number of nitrogens with zero attached hydrogens (tertiary/aromatic N) is 2. The number of benzene rings is 1. The van der Waals surface area contributed by atoms with Crippen LogP contribution in [0.4, 0.5) is 0 Å². The lowest BCUT2D eigenvalue weighted by Gasteiger charge is -2.02. The third-order valence-electron chi connectivity index (χ3n) is 3.33. The van der Waals surface area contributed by atoms with Gasteiger partial charge in [-0.3, -0.25) is 4.68 Å². The van der Waals surface area contributed by atoms with E-state index in [4.69, 9.17) is 0 Å². The Morgan fingerprint density at radius 2 is 2.00 bits per heavy atom. The van der Waals surface area contributed by atoms with E-state index >= 15 is 0 Å². The Kier molecular flexibility index (Phi) is 4.76. The minimum atomic E-state index is 0.869. The molecule has 0 atom stereocenters. The topological polar surface area (TPSA) is 29.9 Å². The highest BCUT2D eigenvalue weighted by atomic mass is 15.3. The molecule has 0 aliphatic heterocycles. The van der Waals surface area contributed by atoms with E-state index in [1.165, 1.54) is 36.6 Å². The van der Waals surface area contributed by atoms with Crippen molar-refractivity contribution in [1.82, 2.24) is 15.1 Å². The van der Waals surface area contributed by atoms with Gasteiger partial charge < -0.3 is 5.32 Å². The lowest BCUT2D eigenvalue weighted by molar-refractivity contribution is 0.590. The molecule has 0 saturated heterocycles. The third-order valence-corrected chi connectivity index (χ3v) is 3.33. The Morgan fingerprint density at radius 3 is 2.83 bits per heavy atom. The van der Waals surface area contributed by atoms with Crippen LogP contribution in [0.1, 0.15) is 38.3 Å². The molecule has 18 heavy (non-hydrogen) atoms. The standard InChI is InChI=1S/C15H23N3/c1-3-4-5-8-11-16-12-14-13-9-6-7-10-15(13)18(2)17-14/h6-7,9-10,16H,3-5,8,11-12H2,1-2H3. The molecule has 0 spiro atoms. The van der Waals surface area contributed by atoms with E-state index in [1.54, 1.807) is 0 Å². The van der Waals surface area contributed by atoms with E-state index in [0.29, 0.717) is 0 Å². The molecule has 0 unspecified atom stereocenters. The van der Waals surface area contributed by atoms with Gasteiger partial charge in [0.15, 0.2) is 0 Å². The molecule has 2 rings (SSSR count). The molecule has 3 nitrogen and oxygen atoms in total. The van der Waals surface area contributed by atoms with Crippen molar-refractivity contribution in [2.45, 2.75) is 39.2 Å². The first-order valence-corrected chi connectivity index (χ1v) is 6.94. The second kappa shape index (κ2) is 6.55. The molecule has 0 amide bonds. The summed E-state index contributed by atoms with van der Waals surface area (Å²) in [6.07, 6.45) is 5.23. The van der Waals surface area contributed by atoms with E-state index in [0.717, 1.165) is 18.8 Å². The monoisotopic (exact) mass is 245 g/mol. The van der Waals surface area contributed by atoms with Crippen LogP contribution in [0.15, 0.2) is 24.3 Å². The van der Waals surface area contributed by atoms with Gasteiger partial charge in [0.1, 0.15) is 0 Å². The number of hydrogen-bond acceptors (Lipinski definition) is 2. The van der Waals surface area contributed by atoms with Crippen molar-refractivity contribution in [3.63, 3.8) is 0 Å². The molecule has 0 fully saturated rings. The summed E-state index contributed by atoms with van der Waals surface area (Å²) in [5, 5.41) is 9.33. The maximum absolute atomic E-state index is 4.58. The van der Waals surface area contributed by atoms with Gasteiger partial charge in [-0.25, -0.2) is 0 Å². The maximum atomic E-state index is 4.58.